The second-order valence-corrected chi connectivity index (χ2v) is 4.25. The van der Waals surface area contributed by atoms with Crippen molar-refractivity contribution in [1.82, 2.24) is 4.98 Å². The quantitative estimate of drug-likeness (QED) is 0.360. The maximum absolute atomic E-state index is 11.6. The van der Waals surface area contributed by atoms with Crippen LogP contribution in [0.2, 0.25) is 0 Å². The summed E-state index contributed by atoms with van der Waals surface area (Å²) in [5.74, 6) is -0.364. The molecule has 0 saturated heterocycles. The molecule has 6 heteroatoms. The van der Waals surface area contributed by atoms with Crippen LogP contribution in [0.3, 0.4) is 0 Å². The smallest absolute Gasteiger partial charge is 0.305 e. The molecule has 82 valence electrons. The fraction of sp³-hybridized carbons (Fsp3) is 0.100. The van der Waals surface area contributed by atoms with E-state index in [2.05, 4.69) is 10.1 Å². The van der Waals surface area contributed by atoms with Gasteiger partial charge in [-0.3, -0.25) is 9.59 Å². The van der Waals surface area contributed by atoms with Gasteiger partial charge in [0.15, 0.2) is 0 Å². The van der Waals surface area contributed by atoms with E-state index in [0.29, 0.717) is 11.1 Å². The van der Waals surface area contributed by atoms with Crippen LogP contribution in [0, 0.1) is 0 Å². The number of ketones is 1. The number of thiazole rings is 1. The molecule has 16 heavy (non-hydrogen) atoms. The van der Waals surface area contributed by atoms with Crippen LogP contribution < -0.4 is 4.87 Å². The van der Waals surface area contributed by atoms with E-state index in [0.717, 1.165) is 16.0 Å². The van der Waals surface area contributed by atoms with Gasteiger partial charge < -0.3 is 10.2 Å². The van der Waals surface area contributed by atoms with Crippen molar-refractivity contribution in [1.29, 1.82) is 0 Å². The van der Waals surface area contributed by atoms with Crippen molar-refractivity contribution >= 4 is 33.0 Å². The Kier molecular flexibility index (Phi) is 2.57. The molecule has 0 aliphatic rings. The molecule has 0 bridgehead atoms. The summed E-state index contributed by atoms with van der Waals surface area (Å²) < 4.78 is 0.792. The van der Waals surface area contributed by atoms with Crippen LogP contribution in [0.4, 0.5) is 0 Å². The summed E-state index contributed by atoms with van der Waals surface area (Å²) in [6, 6.07) is 4.86. The number of rotatable bonds is 2. The van der Waals surface area contributed by atoms with Crippen LogP contribution in [0.5, 0.6) is 0 Å². The second kappa shape index (κ2) is 3.90. The Morgan fingerprint density at radius 3 is 2.94 bits per heavy atom. The normalized spacial score (nSPS) is 11.9. The predicted molar refractivity (Wildman–Crippen MR) is 61.7 cm³/mol. The topological polar surface area (TPSA) is 82.5 Å². The lowest BCUT2D eigenvalue weighted by atomic mass is 10.1. The number of benzene rings is 1. The lowest BCUT2D eigenvalue weighted by Gasteiger charge is -1.98. The van der Waals surface area contributed by atoms with Crippen molar-refractivity contribution in [2.45, 2.75) is 6.92 Å². The summed E-state index contributed by atoms with van der Waals surface area (Å²) in [5.41, 5.74) is 1.01. The van der Waals surface area contributed by atoms with Gasteiger partial charge >= 0.3 is 4.87 Å². The van der Waals surface area contributed by atoms with E-state index in [1.54, 1.807) is 18.2 Å². The number of hydrogen-bond acceptors (Lipinski definition) is 5. The number of Topliss-reactive ketones (excluding diaryl/α,β-unsaturated/α-hetero) is 1. The third-order valence-corrected chi connectivity index (χ3v) is 3.02. The molecule has 0 saturated carbocycles. The van der Waals surface area contributed by atoms with E-state index < -0.39 is 0 Å². The maximum Gasteiger partial charge on any atom is 0.305 e. The number of carbonyl (C=O) groups excluding carboxylic acids is 1. The molecule has 5 nitrogen and oxygen atoms in total. The molecule has 0 amide bonds. The zero-order valence-corrected chi connectivity index (χ0v) is 9.17. The Labute approximate surface area is 94.0 Å². The van der Waals surface area contributed by atoms with Crippen molar-refractivity contribution in [3.8, 4) is 0 Å². The highest BCUT2D eigenvalue weighted by Crippen LogP contribution is 2.16. The first-order valence-electron chi connectivity index (χ1n) is 4.48. The van der Waals surface area contributed by atoms with Gasteiger partial charge in [-0.15, -0.1) is 0 Å². The van der Waals surface area contributed by atoms with Gasteiger partial charge in [-0.2, -0.15) is 0 Å². The number of aromatic nitrogens is 1. The number of nitrogens with one attached hydrogen (secondary N) is 1. The molecule has 0 aliphatic carbocycles. The number of carbonyl (C=O) groups is 1. The fourth-order valence-corrected chi connectivity index (χ4v) is 2.06. The largest absolute Gasteiger partial charge is 0.411 e. The van der Waals surface area contributed by atoms with Crippen LogP contribution in [-0.2, 0) is 0 Å². The third kappa shape index (κ3) is 1.74. The summed E-state index contributed by atoms with van der Waals surface area (Å²) in [6.45, 7) is 1.42. The molecule has 0 unspecified atom stereocenters. The van der Waals surface area contributed by atoms with Gasteiger partial charge in [0.2, 0.25) is 5.78 Å². The van der Waals surface area contributed by atoms with Gasteiger partial charge in [-0.1, -0.05) is 16.5 Å². The number of oxime groups is 1. The van der Waals surface area contributed by atoms with E-state index in [1.165, 1.54) is 6.92 Å². The van der Waals surface area contributed by atoms with Crippen LogP contribution in [0.1, 0.15) is 17.3 Å². The number of fused-ring (bicyclic) bond motifs is 1. The van der Waals surface area contributed by atoms with Gasteiger partial charge in [0.1, 0.15) is 5.71 Å². The number of aromatic amines is 1. The molecule has 0 fully saturated rings. The van der Waals surface area contributed by atoms with Crippen LogP contribution in [0.25, 0.3) is 10.2 Å². The Bertz CT molecular complexity index is 639. The molecule has 2 rings (SSSR count). The van der Waals surface area contributed by atoms with Crippen LogP contribution in [0.15, 0.2) is 28.1 Å². The highest BCUT2D eigenvalue weighted by molar-refractivity contribution is 7.16. The summed E-state index contributed by atoms with van der Waals surface area (Å²) >= 11 is 1.08. The molecule has 1 aromatic heterocycles. The zero-order valence-electron chi connectivity index (χ0n) is 8.35. The number of nitrogens with zero attached hydrogens (tertiary/aromatic N) is 1. The minimum atomic E-state index is -0.364. The number of hydrogen-bond donors (Lipinski definition) is 2. The van der Waals surface area contributed by atoms with Crippen molar-refractivity contribution in [3.63, 3.8) is 0 Å². The van der Waals surface area contributed by atoms with Gasteiger partial charge in [-0.25, -0.2) is 0 Å². The Balaban J connectivity index is 2.54. The van der Waals surface area contributed by atoms with E-state index in [1.807, 2.05) is 0 Å². The van der Waals surface area contributed by atoms with Crippen molar-refractivity contribution in [2.75, 3.05) is 0 Å². The molecule has 1 heterocycles. The molecule has 2 aromatic rings. The average molecular weight is 236 g/mol. The summed E-state index contributed by atoms with van der Waals surface area (Å²) in [7, 11) is 0. The van der Waals surface area contributed by atoms with Gasteiger partial charge in [0.05, 0.1) is 10.2 Å². The average Bonchev–Trinajstić information content (AvgIpc) is 2.65. The molecule has 0 aliphatic heterocycles. The van der Waals surface area contributed by atoms with Gasteiger partial charge in [-0.05, 0) is 25.1 Å². The van der Waals surface area contributed by atoms with E-state index in [9.17, 15) is 9.59 Å². The first kappa shape index (κ1) is 10.6. The monoisotopic (exact) mass is 236 g/mol. The van der Waals surface area contributed by atoms with E-state index >= 15 is 0 Å². The summed E-state index contributed by atoms with van der Waals surface area (Å²) in [6.07, 6.45) is 0. The highest BCUT2D eigenvalue weighted by atomic mass is 32.1. The number of H-pyrrole nitrogens is 1. The summed E-state index contributed by atoms with van der Waals surface area (Å²) in [4.78, 5) is 25.2. The maximum atomic E-state index is 11.6. The Morgan fingerprint density at radius 1 is 1.50 bits per heavy atom. The van der Waals surface area contributed by atoms with Crippen LogP contribution in [-0.4, -0.2) is 21.7 Å². The van der Waals surface area contributed by atoms with Gasteiger partial charge in [0.25, 0.3) is 0 Å². The van der Waals surface area contributed by atoms with E-state index in [4.69, 9.17) is 5.21 Å². The highest BCUT2D eigenvalue weighted by Gasteiger charge is 2.11. The molecular weight excluding hydrogens is 228 g/mol. The first-order valence-corrected chi connectivity index (χ1v) is 5.29. The van der Waals surface area contributed by atoms with Crippen molar-refractivity contribution in [2.24, 2.45) is 5.16 Å². The predicted octanol–water partition coefficient (Wildman–Crippen LogP) is 1.62. The van der Waals surface area contributed by atoms with Gasteiger partial charge in [0, 0.05) is 5.56 Å². The molecular formula is C10H8N2O3S. The standard InChI is InChI=1S/C10H8N2O3S/c1-5(12-15)9(13)6-2-3-8-7(4-6)11-10(14)16-8/h2-4,15H,1H3,(H,11,14)/b12-5-. The SMILES string of the molecule is C/C(=N/O)C(=O)c1ccc2sc(=O)[nH]c2c1. The molecule has 1 aromatic carbocycles. The fourth-order valence-electron chi connectivity index (χ4n) is 1.35. The minimum absolute atomic E-state index is 0.0110. The zero-order chi connectivity index (χ0) is 11.7. The Hall–Kier alpha value is -1.95. The third-order valence-electron chi connectivity index (χ3n) is 2.16. The van der Waals surface area contributed by atoms with Crippen molar-refractivity contribution in [3.05, 3.63) is 33.4 Å². The first-order chi connectivity index (χ1) is 7.61. The van der Waals surface area contributed by atoms with E-state index in [-0.39, 0.29) is 16.4 Å². The molecule has 0 atom stereocenters. The molecule has 0 radical (unpaired) electrons. The van der Waals surface area contributed by atoms with Crippen LogP contribution >= 0.6 is 11.3 Å². The molecule has 0 spiro atoms. The lowest BCUT2D eigenvalue weighted by Crippen LogP contribution is -2.10. The summed E-state index contributed by atoms with van der Waals surface area (Å²) in [5, 5.41) is 11.3. The minimum Gasteiger partial charge on any atom is -0.411 e. The van der Waals surface area contributed by atoms with Crippen molar-refractivity contribution < 1.29 is 10.0 Å². The lowest BCUT2D eigenvalue weighted by molar-refractivity contribution is 0.106. The molecule has 2 N–H and O–H groups in total. The Morgan fingerprint density at radius 2 is 2.25 bits per heavy atom. The second-order valence-electron chi connectivity index (χ2n) is 3.24.